The van der Waals surface area contributed by atoms with E-state index in [1.807, 2.05) is 0 Å². The molecule has 58 valence electrons. The Balaban J connectivity index is 0. The van der Waals surface area contributed by atoms with Crippen LogP contribution in [0.2, 0.25) is 0 Å². The van der Waals surface area contributed by atoms with E-state index in [0.717, 1.165) is 0 Å². The van der Waals surface area contributed by atoms with Crippen LogP contribution in [0.1, 0.15) is 0 Å². The molecular formula is CH4CaO6S2. The molecule has 0 saturated heterocycles. The first-order chi connectivity index (χ1) is 3.71. The van der Waals surface area contributed by atoms with E-state index < -0.39 is 25.3 Å². The average molecular weight is 216 g/mol. The fraction of sp³-hybridized carbons (Fsp3) is 1.00. The zero-order valence-corrected chi connectivity index (χ0v) is 8.60. The Morgan fingerprint density at radius 2 is 1.10 bits per heavy atom. The van der Waals surface area contributed by atoms with Crippen LogP contribution in [0.25, 0.3) is 0 Å². The van der Waals surface area contributed by atoms with Gasteiger partial charge in [0.25, 0.3) is 20.2 Å². The first-order valence-electron chi connectivity index (χ1n) is 1.61. The Labute approximate surface area is 88.1 Å². The molecule has 0 fully saturated rings. The van der Waals surface area contributed by atoms with Crippen LogP contribution in [-0.2, 0) is 20.2 Å². The van der Waals surface area contributed by atoms with Crippen LogP contribution in [-0.4, -0.2) is 68.8 Å². The van der Waals surface area contributed by atoms with Crippen LogP contribution >= 0.6 is 0 Å². The fourth-order valence-corrected chi connectivity index (χ4v) is 1.69. The van der Waals surface area contributed by atoms with Gasteiger partial charge in [0.2, 0.25) is 5.08 Å². The molecular weight excluding hydrogens is 212 g/mol. The molecule has 2 radical (unpaired) electrons. The van der Waals surface area contributed by atoms with Gasteiger partial charge < -0.3 is 0 Å². The smallest absolute Gasteiger partial charge is 0.281 e. The maximum Gasteiger partial charge on any atom is 0.281 e. The van der Waals surface area contributed by atoms with Crippen molar-refractivity contribution in [3.63, 3.8) is 0 Å². The average Bonchev–Trinajstić information content (AvgIpc) is 1.14. The summed E-state index contributed by atoms with van der Waals surface area (Å²) in [5.41, 5.74) is 0. The van der Waals surface area contributed by atoms with Crippen molar-refractivity contribution in [2.45, 2.75) is 0 Å². The third kappa shape index (κ3) is 11.8. The normalized spacial score (nSPS) is 12.2. The van der Waals surface area contributed by atoms with Crippen molar-refractivity contribution in [3.8, 4) is 0 Å². The van der Waals surface area contributed by atoms with Crippen molar-refractivity contribution < 1.29 is 25.9 Å². The predicted molar refractivity (Wildman–Crippen MR) is 33.7 cm³/mol. The van der Waals surface area contributed by atoms with Gasteiger partial charge in [-0.05, 0) is 0 Å². The van der Waals surface area contributed by atoms with Gasteiger partial charge in [0.15, 0.2) is 0 Å². The first kappa shape index (κ1) is 13.7. The van der Waals surface area contributed by atoms with Crippen molar-refractivity contribution in [1.29, 1.82) is 0 Å². The SMILES string of the molecule is O=S(=O)(O)CS(=O)(=O)O.[Ca]. The van der Waals surface area contributed by atoms with Gasteiger partial charge in [-0.25, -0.2) is 0 Å². The van der Waals surface area contributed by atoms with Gasteiger partial charge in [0.05, 0.1) is 0 Å². The number of hydrogen-bond donors (Lipinski definition) is 2. The second-order valence-electron chi connectivity index (χ2n) is 1.28. The standard InChI is InChI=1S/CH4O6S2.Ca/c2-8(3,4)1-9(5,6)7;/h1H2,(H,2,3,4)(H,5,6,7);. The summed E-state index contributed by atoms with van der Waals surface area (Å²) in [6.45, 7) is 0. The first-order valence-corrected chi connectivity index (χ1v) is 4.83. The molecule has 0 aliphatic carbocycles. The molecule has 0 rings (SSSR count). The maximum atomic E-state index is 9.66. The van der Waals surface area contributed by atoms with Crippen LogP contribution in [0, 0.1) is 0 Å². The number of hydrogen-bond acceptors (Lipinski definition) is 4. The van der Waals surface area contributed by atoms with Gasteiger partial charge in [-0.3, -0.25) is 9.11 Å². The van der Waals surface area contributed by atoms with E-state index in [1.54, 1.807) is 0 Å². The van der Waals surface area contributed by atoms with Crippen LogP contribution in [0.15, 0.2) is 0 Å². The van der Waals surface area contributed by atoms with Gasteiger partial charge in [-0.15, -0.1) is 0 Å². The quantitative estimate of drug-likeness (QED) is 0.422. The van der Waals surface area contributed by atoms with Gasteiger partial charge in [-0.2, -0.15) is 16.8 Å². The van der Waals surface area contributed by atoms with Crippen molar-refractivity contribution in [2.24, 2.45) is 0 Å². The molecule has 0 heterocycles. The van der Waals surface area contributed by atoms with E-state index in [4.69, 9.17) is 9.11 Å². The predicted octanol–water partition coefficient (Wildman–Crippen LogP) is -1.66. The monoisotopic (exact) mass is 216 g/mol. The van der Waals surface area contributed by atoms with Crippen molar-refractivity contribution in [2.75, 3.05) is 5.08 Å². The third-order valence-corrected chi connectivity index (χ3v) is 2.68. The molecule has 0 amide bonds. The Hall–Kier alpha value is 1.08. The summed E-state index contributed by atoms with van der Waals surface area (Å²) >= 11 is 0. The molecule has 0 saturated carbocycles. The van der Waals surface area contributed by atoms with E-state index in [2.05, 4.69) is 0 Å². The molecule has 2 N–H and O–H groups in total. The maximum absolute atomic E-state index is 9.66. The number of rotatable bonds is 2. The summed E-state index contributed by atoms with van der Waals surface area (Å²) in [6, 6.07) is 0. The molecule has 0 aromatic rings. The third-order valence-electron chi connectivity index (χ3n) is 0.298. The fourth-order valence-electron chi connectivity index (χ4n) is 0.188. The van der Waals surface area contributed by atoms with Crippen molar-refractivity contribution in [1.82, 2.24) is 0 Å². The Kier molecular flexibility index (Phi) is 5.72. The Bertz CT molecular complexity index is 241. The molecule has 0 aliphatic heterocycles. The van der Waals surface area contributed by atoms with Crippen LogP contribution in [0.3, 0.4) is 0 Å². The topological polar surface area (TPSA) is 109 Å². The van der Waals surface area contributed by atoms with Crippen molar-refractivity contribution >= 4 is 58.0 Å². The van der Waals surface area contributed by atoms with E-state index >= 15 is 0 Å². The second-order valence-corrected chi connectivity index (χ2v) is 4.55. The van der Waals surface area contributed by atoms with E-state index in [-0.39, 0.29) is 37.7 Å². The van der Waals surface area contributed by atoms with E-state index in [1.165, 1.54) is 0 Å². The summed E-state index contributed by atoms with van der Waals surface area (Å²) in [6.07, 6.45) is 0. The molecule has 9 heteroatoms. The van der Waals surface area contributed by atoms with E-state index in [0.29, 0.717) is 0 Å². The van der Waals surface area contributed by atoms with Gasteiger partial charge in [0, 0.05) is 37.7 Å². The molecule has 6 nitrogen and oxygen atoms in total. The van der Waals surface area contributed by atoms with Gasteiger partial charge >= 0.3 is 0 Å². The molecule has 0 spiro atoms. The summed E-state index contributed by atoms with van der Waals surface area (Å²) in [5, 5.41) is -1.65. The summed E-state index contributed by atoms with van der Waals surface area (Å²) in [4.78, 5) is 0. The van der Waals surface area contributed by atoms with E-state index in [9.17, 15) is 16.8 Å². The largest absolute Gasteiger partial charge is 0.285 e. The molecule has 0 atom stereocenters. The second kappa shape index (κ2) is 4.19. The van der Waals surface area contributed by atoms with Gasteiger partial charge in [0.1, 0.15) is 0 Å². The van der Waals surface area contributed by atoms with Crippen LogP contribution in [0.4, 0.5) is 0 Å². The molecule has 0 aromatic heterocycles. The molecule has 0 unspecified atom stereocenters. The molecule has 0 aromatic carbocycles. The molecule has 10 heavy (non-hydrogen) atoms. The van der Waals surface area contributed by atoms with Crippen LogP contribution in [0.5, 0.6) is 0 Å². The minimum absolute atomic E-state index is 0. The van der Waals surface area contributed by atoms with Gasteiger partial charge in [-0.1, -0.05) is 0 Å². The summed E-state index contributed by atoms with van der Waals surface area (Å²) < 4.78 is 54.2. The van der Waals surface area contributed by atoms with Crippen molar-refractivity contribution in [3.05, 3.63) is 0 Å². The van der Waals surface area contributed by atoms with Crippen LogP contribution < -0.4 is 0 Å². The summed E-state index contributed by atoms with van der Waals surface area (Å²) in [7, 11) is -9.24. The minimum Gasteiger partial charge on any atom is -0.285 e. The Morgan fingerprint density at radius 3 is 1.10 bits per heavy atom. The zero-order chi connectivity index (χ0) is 7.71. The minimum atomic E-state index is -4.62. The summed E-state index contributed by atoms with van der Waals surface area (Å²) in [5.74, 6) is 0. The molecule has 0 aliphatic rings. The Morgan fingerprint density at radius 1 is 0.900 bits per heavy atom. The molecule has 0 bridgehead atoms. The zero-order valence-electron chi connectivity index (χ0n) is 4.76.